The van der Waals surface area contributed by atoms with Gasteiger partial charge in [0.15, 0.2) is 28.6 Å². The molecule has 0 N–H and O–H groups in total. The molecule has 0 aliphatic carbocycles. The van der Waals surface area contributed by atoms with E-state index in [0.29, 0.717) is 43.4 Å². The fraction of sp³-hybridized carbons (Fsp3) is 0.682. The molecule has 3 aliphatic heterocycles. The number of nitrogens with zero attached hydrogens (tertiary/aromatic N) is 7. The molecule has 0 saturated carbocycles. The number of hydrogen-bond donors (Lipinski definition) is 0. The maximum absolute atomic E-state index is 12.7. The van der Waals surface area contributed by atoms with Gasteiger partial charge in [-0.15, -0.1) is 5.10 Å². The highest BCUT2D eigenvalue weighted by Gasteiger charge is 2.49. The van der Waals surface area contributed by atoms with Gasteiger partial charge in [-0.25, -0.2) is 14.5 Å². The molecule has 13 heteroatoms. The minimum atomic E-state index is -0.774. The summed E-state index contributed by atoms with van der Waals surface area (Å²) < 4.78 is 30.4. The summed E-state index contributed by atoms with van der Waals surface area (Å²) in [7, 11) is 1.47. The maximum Gasteiger partial charge on any atom is 0.332 e. The van der Waals surface area contributed by atoms with E-state index in [-0.39, 0.29) is 29.5 Å². The molecule has 3 aliphatic rings. The van der Waals surface area contributed by atoms with Crippen molar-refractivity contribution in [2.24, 2.45) is 7.05 Å². The predicted octanol–water partition coefficient (Wildman–Crippen LogP) is 0.231. The lowest BCUT2D eigenvalue weighted by molar-refractivity contribution is -0.174. The van der Waals surface area contributed by atoms with E-state index >= 15 is 0 Å². The average molecular weight is 488 g/mol. The highest BCUT2D eigenvalue weighted by Crippen LogP contribution is 2.36. The zero-order chi connectivity index (χ0) is 24.7. The van der Waals surface area contributed by atoms with Crippen molar-refractivity contribution in [2.75, 3.05) is 6.61 Å². The third-order valence-corrected chi connectivity index (χ3v) is 6.74. The number of aryl methyl sites for hydroxylation is 2. The highest BCUT2D eigenvalue weighted by atomic mass is 16.8. The zero-order valence-electron chi connectivity index (χ0n) is 20.4. The molecule has 0 spiro atoms. The quantitative estimate of drug-likeness (QED) is 0.508. The molecular weight excluding hydrogens is 458 g/mol. The van der Waals surface area contributed by atoms with Crippen LogP contribution in [0.1, 0.15) is 34.1 Å². The highest BCUT2D eigenvalue weighted by molar-refractivity contribution is 5.76. The lowest BCUT2D eigenvalue weighted by atomic mass is 10.1. The lowest BCUT2D eigenvalue weighted by Gasteiger charge is -2.23. The third kappa shape index (κ3) is 3.64. The fourth-order valence-electron chi connectivity index (χ4n) is 5.25. The Hall–Kier alpha value is -2.87. The lowest BCUT2D eigenvalue weighted by Crippen LogP contribution is -2.40. The Balaban J connectivity index is 1.32. The molecule has 188 valence electrons. The second kappa shape index (κ2) is 7.56. The first kappa shape index (κ1) is 22.6. The molecule has 3 atom stereocenters. The predicted molar refractivity (Wildman–Crippen MR) is 122 cm³/mol. The van der Waals surface area contributed by atoms with Crippen molar-refractivity contribution in [3.05, 3.63) is 27.0 Å². The Bertz CT molecular complexity index is 1430. The van der Waals surface area contributed by atoms with Crippen LogP contribution in [0.15, 0.2) is 15.8 Å². The molecule has 3 aromatic heterocycles. The van der Waals surface area contributed by atoms with Crippen LogP contribution < -0.4 is 11.2 Å². The van der Waals surface area contributed by atoms with E-state index in [1.54, 1.807) is 15.4 Å². The van der Waals surface area contributed by atoms with Gasteiger partial charge in [-0.3, -0.25) is 13.9 Å². The molecule has 0 aromatic carbocycles. The van der Waals surface area contributed by atoms with Crippen molar-refractivity contribution < 1.29 is 18.9 Å². The first-order valence-corrected chi connectivity index (χ1v) is 11.8. The largest absolute Gasteiger partial charge is 0.348 e. The first-order chi connectivity index (χ1) is 16.5. The molecule has 0 amide bonds. The normalized spacial score (nSPS) is 27.2. The number of aromatic nitrogens is 7. The first-order valence-electron chi connectivity index (χ1n) is 11.8. The van der Waals surface area contributed by atoms with Gasteiger partial charge < -0.3 is 23.5 Å². The molecule has 13 nitrogen and oxygen atoms in total. The van der Waals surface area contributed by atoms with Crippen LogP contribution in [0.4, 0.5) is 0 Å². The van der Waals surface area contributed by atoms with Gasteiger partial charge in [0, 0.05) is 20.1 Å². The SMILES string of the molecule is Cn1c(=O)c2nc(-c3cn(C[C@@H]4OC(C)(C)O[C@H]4[C@H]4COC(C)(C)O4)nn3)n3c2n(c1=O)CCC3. The number of rotatable bonds is 4. The van der Waals surface area contributed by atoms with E-state index in [1.165, 1.54) is 7.05 Å². The Labute approximate surface area is 200 Å². The maximum atomic E-state index is 12.7. The Morgan fingerprint density at radius 3 is 2.57 bits per heavy atom. The molecule has 0 unspecified atom stereocenters. The fourth-order valence-corrected chi connectivity index (χ4v) is 5.25. The van der Waals surface area contributed by atoms with E-state index in [4.69, 9.17) is 18.9 Å². The number of ether oxygens (including phenoxy) is 4. The molecule has 0 radical (unpaired) electrons. The van der Waals surface area contributed by atoms with Crippen LogP contribution in [0, 0.1) is 0 Å². The molecule has 6 rings (SSSR count). The van der Waals surface area contributed by atoms with Gasteiger partial charge in [0.2, 0.25) is 0 Å². The molecular formula is C22H29N7O6. The van der Waals surface area contributed by atoms with Crippen LogP contribution in [-0.4, -0.2) is 70.2 Å². The minimum absolute atomic E-state index is 0.256. The van der Waals surface area contributed by atoms with Crippen LogP contribution >= 0.6 is 0 Å². The van der Waals surface area contributed by atoms with Crippen molar-refractivity contribution >= 4 is 11.2 Å². The van der Waals surface area contributed by atoms with E-state index in [9.17, 15) is 9.59 Å². The Morgan fingerprint density at radius 2 is 1.83 bits per heavy atom. The molecule has 2 fully saturated rings. The van der Waals surface area contributed by atoms with Gasteiger partial charge in [0.05, 0.1) is 19.3 Å². The number of imidazole rings is 1. The minimum Gasteiger partial charge on any atom is -0.348 e. The van der Waals surface area contributed by atoms with E-state index < -0.39 is 17.1 Å². The van der Waals surface area contributed by atoms with Crippen LogP contribution in [0.2, 0.25) is 0 Å². The molecule has 3 aromatic rings. The van der Waals surface area contributed by atoms with Crippen LogP contribution in [0.25, 0.3) is 22.7 Å². The standard InChI is InChI=1S/C22H29N7O6/c1-21(2)32-11-14(34-21)16-13(33-22(3,4)35-16)10-27-9-12(24-25-27)17-23-15-18-28(17)7-6-8-29(18)20(31)26(5)19(15)30/h9,13-14,16H,6-8,10-11H2,1-5H3/t13-,14+,16+/m0/s1. The van der Waals surface area contributed by atoms with Crippen LogP contribution in [0.3, 0.4) is 0 Å². The molecule has 6 heterocycles. The summed E-state index contributed by atoms with van der Waals surface area (Å²) in [5, 5.41) is 8.61. The van der Waals surface area contributed by atoms with Gasteiger partial charge in [0.1, 0.15) is 24.0 Å². The van der Waals surface area contributed by atoms with Crippen molar-refractivity contribution in [2.45, 2.75) is 83.6 Å². The Morgan fingerprint density at radius 1 is 1.06 bits per heavy atom. The third-order valence-electron chi connectivity index (χ3n) is 6.74. The van der Waals surface area contributed by atoms with Gasteiger partial charge in [-0.05, 0) is 34.1 Å². The topological polar surface area (TPSA) is 129 Å². The summed E-state index contributed by atoms with van der Waals surface area (Å²) in [4.78, 5) is 29.9. The summed E-state index contributed by atoms with van der Waals surface area (Å²) in [5.41, 5.74) is 0.544. The summed E-state index contributed by atoms with van der Waals surface area (Å²) in [6.45, 7) is 9.46. The smallest absolute Gasteiger partial charge is 0.332 e. The molecule has 2 saturated heterocycles. The van der Waals surface area contributed by atoms with Crippen molar-refractivity contribution in [3.63, 3.8) is 0 Å². The van der Waals surface area contributed by atoms with Crippen LogP contribution in [0.5, 0.6) is 0 Å². The average Bonchev–Trinajstić information content (AvgIpc) is 3.55. The van der Waals surface area contributed by atoms with Crippen molar-refractivity contribution in [3.8, 4) is 11.5 Å². The monoisotopic (exact) mass is 487 g/mol. The summed E-state index contributed by atoms with van der Waals surface area (Å²) >= 11 is 0. The van der Waals surface area contributed by atoms with Gasteiger partial charge in [-0.1, -0.05) is 5.21 Å². The molecule has 35 heavy (non-hydrogen) atoms. The van der Waals surface area contributed by atoms with Gasteiger partial charge >= 0.3 is 5.69 Å². The summed E-state index contributed by atoms with van der Waals surface area (Å²) in [5.74, 6) is -0.936. The molecule has 0 bridgehead atoms. The van der Waals surface area contributed by atoms with E-state index in [0.717, 1.165) is 11.0 Å². The van der Waals surface area contributed by atoms with Gasteiger partial charge in [0.25, 0.3) is 5.56 Å². The van der Waals surface area contributed by atoms with E-state index in [1.807, 2.05) is 32.3 Å². The second-order valence-corrected chi connectivity index (χ2v) is 10.2. The Kier molecular flexibility index (Phi) is 4.88. The van der Waals surface area contributed by atoms with Crippen molar-refractivity contribution in [1.82, 2.24) is 33.7 Å². The van der Waals surface area contributed by atoms with Gasteiger partial charge in [-0.2, -0.15) is 0 Å². The number of hydrogen-bond acceptors (Lipinski definition) is 9. The van der Waals surface area contributed by atoms with Crippen molar-refractivity contribution in [1.29, 1.82) is 0 Å². The summed E-state index contributed by atoms with van der Waals surface area (Å²) in [6, 6.07) is 0. The van der Waals surface area contributed by atoms with Crippen LogP contribution in [-0.2, 0) is 45.6 Å². The second-order valence-electron chi connectivity index (χ2n) is 10.2. The van der Waals surface area contributed by atoms with E-state index in [2.05, 4.69) is 15.3 Å². The zero-order valence-corrected chi connectivity index (χ0v) is 20.4. The summed E-state index contributed by atoms with van der Waals surface area (Å²) in [6.07, 6.45) is 1.58.